The summed E-state index contributed by atoms with van der Waals surface area (Å²) in [5.74, 6) is 3.00. The molecule has 1 saturated heterocycles. The Labute approximate surface area is 131 Å². The number of carbonyl (C=O) groups excluding carboxylic acids is 1. The molecule has 0 radical (unpaired) electrons. The second-order valence-electron chi connectivity index (χ2n) is 5.27. The minimum atomic E-state index is 0.295. The maximum Gasteiger partial charge on any atom is 0.162 e. The lowest BCUT2D eigenvalue weighted by atomic mass is 10.0. The van der Waals surface area contributed by atoms with Crippen LogP contribution in [-0.2, 0) is 0 Å². The lowest BCUT2D eigenvalue weighted by molar-refractivity contribution is 0.0979. The van der Waals surface area contributed by atoms with E-state index in [0.29, 0.717) is 12.2 Å². The van der Waals surface area contributed by atoms with E-state index in [1.165, 1.54) is 43.6 Å². The molecule has 1 nitrogen and oxygen atoms in total. The standard InChI is InChI=1S/C17H24OS2/c18-16(15-9-4-3-5-10-15)11-6-1-2-7-12-17-19-13-8-14-20-17/h3-5,9-10,17H,1-2,6-8,11-14H2. The monoisotopic (exact) mass is 308 g/mol. The first-order valence-corrected chi connectivity index (χ1v) is 9.77. The van der Waals surface area contributed by atoms with Crippen molar-refractivity contribution in [2.45, 2.75) is 49.5 Å². The van der Waals surface area contributed by atoms with Gasteiger partial charge >= 0.3 is 0 Å². The van der Waals surface area contributed by atoms with E-state index in [4.69, 9.17) is 0 Å². The molecule has 0 bridgehead atoms. The fourth-order valence-electron chi connectivity index (χ4n) is 2.42. The van der Waals surface area contributed by atoms with E-state index in [1.54, 1.807) is 0 Å². The Morgan fingerprint density at radius 3 is 2.45 bits per heavy atom. The molecule has 0 spiro atoms. The molecule has 0 amide bonds. The highest BCUT2D eigenvalue weighted by molar-refractivity contribution is 8.17. The van der Waals surface area contributed by atoms with E-state index in [9.17, 15) is 4.79 Å². The zero-order chi connectivity index (χ0) is 14.0. The molecule has 1 fully saturated rings. The first-order valence-electron chi connectivity index (χ1n) is 7.68. The maximum absolute atomic E-state index is 11.9. The van der Waals surface area contributed by atoms with Crippen LogP contribution in [0.25, 0.3) is 0 Å². The molecule has 0 atom stereocenters. The van der Waals surface area contributed by atoms with Gasteiger partial charge in [-0.15, -0.1) is 23.5 Å². The normalized spacial score (nSPS) is 16.2. The SMILES string of the molecule is O=C(CCCCCCC1SCCCS1)c1ccccc1. The fourth-order valence-corrected chi connectivity index (χ4v) is 5.38. The molecular formula is C17H24OS2. The molecule has 1 aromatic rings. The molecule has 1 aromatic carbocycles. The summed E-state index contributed by atoms with van der Waals surface area (Å²) in [7, 11) is 0. The molecule has 0 unspecified atom stereocenters. The first kappa shape index (κ1) is 16.0. The highest BCUT2D eigenvalue weighted by Gasteiger charge is 2.13. The Morgan fingerprint density at radius 1 is 1.00 bits per heavy atom. The molecule has 1 heterocycles. The van der Waals surface area contributed by atoms with Crippen LogP contribution in [0.5, 0.6) is 0 Å². The molecule has 0 N–H and O–H groups in total. The summed E-state index contributed by atoms with van der Waals surface area (Å²) < 4.78 is 0.842. The number of unbranched alkanes of at least 4 members (excludes halogenated alkanes) is 3. The van der Waals surface area contributed by atoms with Gasteiger partial charge in [-0.05, 0) is 30.8 Å². The second-order valence-corrected chi connectivity index (χ2v) is 8.19. The van der Waals surface area contributed by atoms with Gasteiger partial charge in [0.2, 0.25) is 0 Å². The van der Waals surface area contributed by atoms with Crippen LogP contribution in [-0.4, -0.2) is 21.9 Å². The predicted molar refractivity (Wildman–Crippen MR) is 91.8 cm³/mol. The van der Waals surface area contributed by atoms with Gasteiger partial charge in [-0.25, -0.2) is 0 Å². The van der Waals surface area contributed by atoms with Crippen LogP contribution in [0.1, 0.15) is 55.3 Å². The summed E-state index contributed by atoms with van der Waals surface area (Å²) in [5.41, 5.74) is 0.863. The molecule has 1 aliphatic heterocycles. The smallest absolute Gasteiger partial charge is 0.162 e. The molecular weight excluding hydrogens is 284 g/mol. The minimum Gasteiger partial charge on any atom is -0.294 e. The summed E-state index contributed by atoms with van der Waals surface area (Å²) in [4.78, 5) is 11.9. The molecule has 110 valence electrons. The molecule has 3 heteroatoms. The first-order chi connectivity index (χ1) is 9.86. The van der Waals surface area contributed by atoms with E-state index in [2.05, 4.69) is 23.5 Å². The zero-order valence-corrected chi connectivity index (χ0v) is 13.7. The highest BCUT2D eigenvalue weighted by Crippen LogP contribution is 2.34. The van der Waals surface area contributed by atoms with E-state index >= 15 is 0 Å². The molecule has 0 saturated carbocycles. The van der Waals surface area contributed by atoms with Gasteiger partial charge in [-0.3, -0.25) is 4.79 Å². The largest absolute Gasteiger partial charge is 0.294 e. The Kier molecular flexibility index (Phi) is 7.60. The number of hydrogen-bond acceptors (Lipinski definition) is 3. The average molecular weight is 309 g/mol. The van der Waals surface area contributed by atoms with Crippen molar-refractivity contribution in [1.29, 1.82) is 0 Å². The van der Waals surface area contributed by atoms with Gasteiger partial charge in [0.1, 0.15) is 0 Å². The molecule has 1 aliphatic rings. The molecule has 20 heavy (non-hydrogen) atoms. The Bertz CT molecular complexity index is 385. The minimum absolute atomic E-state index is 0.295. The van der Waals surface area contributed by atoms with E-state index in [0.717, 1.165) is 16.6 Å². The number of benzene rings is 1. The third-order valence-electron chi connectivity index (χ3n) is 3.59. The van der Waals surface area contributed by atoms with Gasteiger partial charge in [0.05, 0.1) is 4.58 Å². The fraction of sp³-hybridized carbons (Fsp3) is 0.588. The molecule has 0 aliphatic carbocycles. The lowest BCUT2D eigenvalue weighted by Crippen LogP contribution is -2.06. The van der Waals surface area contributed by atoms with Crippen molar-refractivity contribution < 1.29 is 4.79 Å². The Morgan fingerprint density at radius 2 is 1.70 bits per heavy atom. The maximum atomic E-state index is 11.9. The van der Waals surface area contributed by atoms with Crippen molar-refractivity contribution in [3.05, 3.63) is 35.9 Å². The van der Waals surface area contributed by atoms with Crippen molar-refractivity contribution in [2.24, 2.45) is 0 Å². The van der Waals surface area contributed by atoms with Crippen molar-refractivity contribution in [3.8, 4) is 0 Å². The van der Waals surface area contributed by atoms with Gasteiger partial charge < -0.3 is 0 Å². The average Bonchev–Trinajstić information content (AvgIpc) is 2.52. The third-order valence-corrected chi connectivity index (χ3v) is 6.67. The van der Waals surface area contributed by atoms with Gasteiger partial charge in [0.15, 0.2) is 5.78 Å². The van der Waals surface area contributed by atoms with Crippen LogP contribution < -0.4 is 0 Å². The summed E-state index contributed by atoms with van der Waals surface area (Å²) >= 11 is 4.28. The Hall–Kier alpha value is -0.410. The van der Waals surface area contributed by atoms with E-state index < -0.39 is 0 Å². The number of hydrogen-bond donors (Lipinski definition) is 0. The van der Waals surface area contributed by atoms with Crippen LogP contribution in [0.2, 0.25) is 0 Å². The predicted octanol–water partition coefficient (Wildman–Crippen LogP) is 5.41. The summed E-state index contributed by atoms with van der Waals surface area (Å²) in [6.07, 6.45) is 8.27. The second kappa shape index (κ2) is 9.51. The lowest BCUT2D eigenvalue weighted by Gasteiger charge is -2.20. The highest BCUT2D eigenvalue weighted by atomic mass is 32.2. The van der Waals surface area contributed by atoms with Crippen LogP contribution in [0, 0.1) is 0 Å². The van der Waals surface area contributed by atoms with Gasteiger partial charge in [0, 0.05) is 12.0 Å². The van der Waals surface area contributed by atoms with Crippen LogP contribution in [0.15, 0.2) is 30.3 Å². The van der Waals surface area contributed by atoms with Crippen LogP contribution in [0.4, 0.5) is 0 Å². The number of rotatable bonds is 8. The summed E-state index contributed by atoms with van der Waals surface area (Å²) in [5, 5.41) is 0. The number of Topliss-reactive ketones (excluding diaryl/α,β-unsaturated/α-hetero) is 1. The summed E-state index contributed by atoms with van der Waals surface area (Å²) in [6.45, 7) is 0. The van der Waals surface area contributed by atoms with Crippen molar-refractivity contribution in [1.82, 2.24) is 0 Å². The quantitative estimate of drug-likeness (QED) is 0.472. The van der Waals surface area contributed by atoms with Gasteiger partial charge in [0.25, 0.3) is 0 Å². The van der Waals surface area contributed by atoms with Crippen molar-refractivity contribution in [3.63, 3.8) is 0 Å². The number of thioether (sulfide) groups is 2. The van der Waals surface area contributed by atoms with Crippen LogP contribution >= 0.6 is 23.5 Å². The topological polar surface area (TPSA) is 17.1 Å². The van der Waals surface area contributed by atoms with Crippen molar-refractivity contribution >= 4 is 29.3 Å². The third kappa shape index (κ3) is 5.92. The number of ketones is 1. The van der Waals surface area contributed by atoms with Crippen LogP contribution in [0.3, 0.4) is 0 Å². The number of carbonyl (C=O) groups is 1. The summed E-state index contributed by atoms with van der Waals surface area (Å²) in [6, 6.07) is 9.66. The molecule has 2 rings (SSSR count). The van der Waals surface area contributed by atoms with E-state index in [-0.39, 0.29) is 0 Å². The Balaban J connectivity index is 1.50. The van der Waals surface area contributed by atoms with Gasteiger partial charge in [-0.2, -0.15) is 0 Å². The molecule has 0 aromatic heterocycles. The zero-order valence-electron chi connectivity index (χ0n) is 12.1. The van der Waals surface area contributed by atoms with Gasteiger partial charge in [-0.1, -0.05) is 49.6 Å². The van der Waals surface area contributed by atoms with E-state index in [1.807, 2.05) is 30.3 Å². The van der Waals surface area contributed by atoms with Crippen molar-refractivity contribution in [2.75, 3.05) is 11.5 Å².